The van der Waals surface area contributed by atoms with Crippen LogP contribution in [0, 0.1) is 5.92 Å². The molecule has 1 unspecified atom stereocenters. The van der Waals surface area contributed by atoms with E-state index in [1.165, 1.54) is 0 Å². The van der Waals surface area contributed by atoms with Crippen molar-refractivity contribution in [2.24, 2.45) is 5.92 Å². The highest BCUT2D eigenvalue weighted by Gasteiger charge is 2.23. The molecule has 118 valence electrons. The van der Waals surface area contributed by atoms with Crippen molar-refractivity contribution in [3.63, 3.8) is 0 Å². The van der Waals surface area contributed by atoms with Crippen molar-refractivity contribution >= 4 is 34.8 Å². The van der Waals surface area contributed by atoms with Gasteiger partial charge in [-0.05, 0) is 30.5 Å². The number of carbonyl (C=O) groups excluding carboxylic acids is 2. The summed E-state index contributed by atoms with van der Waals surface area (Å²) in [5, 5.41) is 1.31. The molecule has 1 atom stereocenters. The number of carbonyl (C=O) groups is 2. The number of fused-ring (bicyclic) bond motifs is 1. The maximum atomic E-state index is 12.3. The average Bonchev–Trinajstić information content (AvgIpc) is 2.83. The Kier molecular flexibility index (Phi) is 5.24. The maximum absolute atomic E-state index is 12.3. The van der Waals surface area contributed by atoms with E-state index in [4.69, 9.17) is 16.3 Å². The fraction of sp³-hybridized carbons (Fsp3) is 0.412. The van der Waals surface area contributed by atoms with E-state index in [1.807, 2.05) is 26.8 Å². The van der Waals surface area contributed by atoms with Crippen molar-refractivity contribution in [3.8, 4) is 0 Å². The third-order valence-electron chi connectivity index (χ3n) is 3.51. The lowest BCUT2D eigenvalue weighted by atomic mass is 10.2. The predicted octanol–water partition coefficient (Wildman–Crippen LogP) is 4.26. The fourth-order valence-corrected chi connectivity index (χ4v) is 2.60. The third kappa shape index (κ3) is 3.33. The fourth-order valence-electron chi connectivity index (χ4n) is 2.43. The van der Waals surface area contributed by atoms with E-state index in [1.54, 1.807) is 22.9 Å². The Labute approximate surface area is 135 Å². The van der Waals surface area contributed by atoms with Crippen LogP contribution >= 0.6 is 11.6 Å². The van der Waals surface area contributed by atoms with Gasteiger partial charge in [-0.15, -0.1) is 0 Å². The molecule has 0 saturated heterocycles. The summed E-state index contributed by atoms with van der Waals surface area (Å²) in [7, 11) is 0. The van der Waals surface area contributed by atoms with E-state index < -0.39 is 6.04 Å². The van der Waals surface area contributed by atoms with Crippen LogP contribution in [-0.4, -0.2) is 23.4 Å². The van der Waals surface area contributed by atoms with E-state index in [2.05, 4.69) is 0 Å². The summed E-state index contributed by atoms with van der Waals surface area (Å²) in [5.74, 6) is 0.00713. The molecule has 1 aromatic heterocycles. The number of aldehydes is 1. The first-order valence-electron chi connectivity index (χ1n) is 7.39. The van der Waals surface area contributed by atoms with E-state index in [0.717, 1.165) is 17.2 Å². The smallest absolute Gasteiger partial charge is 0.329 e. The highest BCUT2D eigenvalue weighted by Crippen LogP contribution is 2.28. The van der Waals surface area contributed by atoms with E-state index in [9.17, 15) is 9.59 Å². The molecule has 22 heavy (non-hydrogen) atoms. The summed E-state index contributed by atoms with van der Waals surface area (Å²) >= 11 is 6.00. The number of nitrogens with zero attached hydrogens (tertiary/aromatic N) is 1. The van der Waals surface area contributed by atoms with Gasteiger partial charge in [0.25, 0.3) is 0 Å². The Bertz CT molecular complexity index is 691. The molecule has 0 N–H and O–H groups in total. The molecule has 0 radical (unpaired) electrons. The number of esters is 1. The molecule has 2 rings (SSSR count). The van der Waals surface area contributed by atoms with Crippen LogP contribution in [0.1, 0.15) is 43.6 Å². The second kappa shape index (κ2) is 6.97. The molecule has 0 fully saturated rings. The Morgan fingerprint density at radius 1 is 1.41 bits per heavy atom. The van der Waals surface area contributed by atoms with E-state index >= 15 is 0 Å². The number of rotatable bonds is 6. The molecule has 0 amide bonds. The molecule has 5 heteroatoms. The molecule has 0 aliphatic heterocycles. The zero-order valence-electron chi connectivity index (χ0n) is 13.0. The predicted molar refractivity (Wildman–Crippen MR) is 87.5 cm³/mol. The SMILES string of the molecule is CCC(C(=O)OCC(C)C)n1cc(C=O)c2cc(Cl)ccc21. The minimum absolute atomic E-state index is 0.277. The lowest BCUT2D eigenvalue weighted by Gasteiger charge is -2.18. The van der Waals surface area contributed by atoms with Crippen LogP contribution in [0.2, 0.25) is 5.02 Å². The minimum atomic E-state index is -0.448. The van der Waals surface area contributed by atoms with Crippen LogP contribution in [0.25, 0.3) is 10.9 Å². The number of halogens is 1. The van der Waals surface area contributed by atoms with Crippen molar-refractivity contribution in [2.75, 3.05) is 6.61 Å². The topological polar surface area (TPSA) is 48.3 Å². The molecule has 1 heterocycles. The summed E-state index contributed by atoms with van der Waals surface area (Å²) in [6.45, 7) is 6.29. The lowest BCUT2D eigenvalue weighted by Crippen LogP contribution is -2.22. The second-order valence-electron chi connectivity index (χ2n) is 5.72. The largest absolute Gasteiger partial charge is 0.464 e. The van der Waals surface area contributed by atoms with Crippen LogP contribution in [0.15, 0.2) is 24.4 Å². The van der Waals surface area contributed by atoms with Gasteiger partial charge in [0, 0.05) is 27.7 Å². The molecule has 1 aromatic carbocycles. The molecule has 0 aliphatic carbocycles. The van der Waals surface area contributed by atoms with Crippen molar-refractivity contribution < 1.29 is 14.3 Å². The first-order chi connectivity index (χ1) is 10.5. The van der Waals surface area contributed by atoms with Crippen LogP contribution in [0.4, 0.5) is 0 Å². The van der Waals surface area contributed by atoms with Gasteiger partial charge < -0.3 is 9.30 Å². The molecule has 0 bridgehead atoms. The molecule has 0 spiro atoms. The van der Waals surface area contributed by atoms with Crippen LogP contribution in [-0.2, 0) is 9.53 Å². The van der Waals surface area contributed by atoms with Gasteiger partial charge in [0.1, 0.15) is 6.04 Å². The summed E-state index contributed by atoms with van der Waals surface area (Å²) in [5.41, 5.74) is 1.33. The van der Waals surface area contributed by atoms with Gasteiger partial charge in [-0.1, -0.05) is 32.4 Å². The molecular formula is C17H20ClNO3. The zero-order chi connectivity index (χ0) is 16.3. The Hall–Kier alpha value is -1.81. The van der Waals surface area contributed by atoms with Gasteiger partial charge in [0.2, 0.25) is 0 Å². The van der Waals surface area contributed by atoms with Gasteiger partial charge in [-0.3, -0.25) is 4.79 Å². The molecule has 0 saturated carbocycles. The quantitative estimate of drug-likeness (QED) is 0.590. The summed E-state index contributed by atoms with van der Waals surface area (Å²) in [4.78, 5) is 23.6. The Balaban J connectivity index is 2.43. The van der Waals surface area contributed by atoms with Crippen molar-refractivity contribution in [2.45, 2.75) is 33.2 Å². The Morgan fingerprint density at radius 2 is 2.14 bits per heavy atom. The third-order valence-corrected chi connectivity index (χ3v) is 3.74. The molecule has 4 nitrogen and oxygen atoms in total. The number of ether oxygens (including phenoxy) is 1. The van der Waals surface area contributed by atoms with Crippen molar-refractivity contribution in [1.29, 1.82) is 0 Å². The summed E-state index contributed by atoms with van der Waals surface area (Å²) < 4.78 is 7.16. The summed E-state index contributed by atoms with van der Waals surface area (Å²) in [6.07, 6.45) is 3.06. The van der Waals surface area contributed by atoms with Crippen LogP contribution in [0.5, 0.6) is 0 Å². The van der Waals surface area contributed by atoms with Crippen LogP contribution in [0.3, 0.4) is 0 Å². The second-order valence-corrected chi connectivity index (χ2v) is 6.16. The lowest BCUT2D eigenvalue weighted by molar-refractivity contribution is -0.148. The van der Waals surface area contributed by atoms with Crippen molar-refractivity contribution in [1.82, 2.24) is 4.57 Å². The first-order valence-corrected chi connectivity index (χ1v) is 7.77. The zero-order valence-corrected chi connectivity index (χ0v) is 13.8. The first kappa shape index (κ1) is 16.6. The van der Waals surface area contributed by atoms with Gasteiger partial charge in [-0.2, -0.15) is 0 Å². The molecule has 0 aliphatic rings. The number of benzene rings is 1. The minimum Gasteiger partial charge on any atom is -0.464 e. The van der Waals surface area contributed by atoms with Crippen LogP contribution < -0.4 is 0 Å². The number of hydrogen-bond donors (Lipinski definition) is 0. The number of aromatic nitrogens is 1. The Morgan fingerprint density at radius 3 is 2.73 bits per heavy atom. The highest BCUT2D eigenvalue weighted by molar-refractivity contribution is 6.31. The normalized spacial score (nSPS) is 12.6. The van der Waals surface area contributed by atoms with Gasteiger partial charge >= 0.3 is 5.97 Å². The monoisotopic (exact) mass is 321 g/mol. The van der Waals surface area contributed by atoms with Gasteiger partial charge in [0.15, 0.2) is 6.29 Å². The van der Waals surface area contributed by atoms with Gasteiger partial charge in [0.05, 0.1) is 6.61 Å². The van der Waals surface area contributed by atoms with E-state index in [0.29, 0.717) is 23.6 Å². The molecular weight excluding hydrogens is 302 g/mol. The highest BCUT2D eigenvalue weighted by atomic mass is 35.5. The molecule has 2 aromatic rings. The standard InChI is InChI=1S/C17H20ClNO3/c1-4-15(17(21)22-10-11(2)3)19-8-12(9-20)14-7-13(18)5-6-16(14)19/h5-9,11,15H,4,10H2,1-3H3. The van der Waals surface area contributed by atoms with Crippen molar-refractivity contribution in [3.05, 3.63) is 35.0 Å². The van der Waals surface area contributed by atoms with E-state index in [-0.39, 0.29) is 11.9 Å². The maximum Gasteiger partial charge on any atom is 0.329 e. The average molecular weight is 322 g/mol. The van der Waals surface area contributed by atoms with Gasteiger partial charge in [-0.25, -0.2) is 4.79 Å². The number of hydrogen-bond acceptors (Lipinski definition) is 3. The summed E-state index contributed by atoms with van der Waals surface area (Å²) in [6, 6.07) is 4.86.